The molecule has 0 saturated heterocycles. The van der Waals surface area contributed by atoms with Gasteiger partial charge in [-0.3, -0.25) is 19.6 Å². The molecule has 0 aromatic carbocycles. The van der Waals surface area contributed by atoms with Crippen LogP contribution in [0.25, 0.3) is 0 Å². The molecule has 0 aliphatic carbocycles. The second-order valence-electron chi connectivity index (χ2n) is 4.25. The number of rotatable bonds is 7. The maximum Gasteiger partial charge on any atom is 0.392 e. The van der Waals surface area contributed by atoms with E-state index in [0.717, 1.165) is 10.9 Å². The number of halogens is 3. The number of carboxylic acids is 1. The smallest absolute Gasteiger partial charge is 0.392 e. The number of aliphatic carboxylic acids is 1. The van der Waals surface area contributed by atoms with Gasteiger partial charge in [0.05, 0.1) is 30.4 Å². The van der Waals surface area contributed by atoms with E-state index in [1.54, 1.807) is 0 Å². The highest BCUT2D eigenvalue weighted by molar-refractivity contribution is 5.69. The minimum atomic E-state index is -4.45. The average Bonchev–Trinajstić information content (AvgIpc) is 2.70. The van der Waals surface area contributed by atoms with Crippen molar-refractivity contribution >= 4 is 11.7 Å². The standard InChI is InChI=1S/C10H12F3N3O5/c1-6(9(17)18)4-15-5-7(16(19)20)8(14-15)21-3-2-10(11,12)13/h5-6H,2-4H2,1H3,(H,17,18)/t6-/m0/s1. The van der Waals surface area contributed by atoms with Crippen LogP contribution in [0.3, 0.4) is 0 Å². The summed E-state index contributed by atoms with van der Waals surface area (Å²) in [5.74, 6) is -2.57. The van der Waals surface area contributed by atoms with E-state index < -0.39 is 47.6 Å². The predicted octanol–water partition coefficient (Wildman–Crippen LogP) is 1.84. The highest BCUT2D eigenvalue weighted by Gasteiger charge is 2.29. The predicted molar refractivity (Wildman–Crippen MR) is 61.8 cm³/mol. The molecule has 0 saturated carbocycles. The number of nitro groups is 1. The summed E-state index contributed by atoms with van der Waals surface area (Å²) in [5.41, 5.74) is -0.616. The molecule has 0 spiro atoms. The molecule has 1 heterocycles. The van der Waals surface area contributed by atoms with Gasteiger partial charge in [-0.15, -0.1) is 5.10 Å². The van der Waals surface area contributed by atoms with Crippen molar-refractivity contribution in [3.05, 3.63) is 16.3 Å². The van der Waals surface area contributed by atoms with Gasteiger partial charge in [-0.1, -0.05) is 6.92 Å². The molecule has 0 amide bonds. The zero-order valence-electron chi connectivity index (χ0n) is 10.8. The van der Waals surface area contributed by atoms with Crippen molar-refractivity contribution in [1.29, 1.82) is 0 Å². The van der Waals surface area contributed by atoms with E-state index in [1.807, 2.05) is 0 Å². The van der Waals surface area contributed by atoms with E-state index in [2.05, 4.69) is 9.84 Å². The van der Waals surface area contributed by atoms with Crippen molar-refractivity contribution in [1.82, 2.24) is 9.78 Å². The van der Waals surface area contributed by atoms with Crippen molar-refractivity contribution < 1.29 is 32.7 Å². The van der Waals surface area contributed by atoms with Gasteiger partial charge in [0.1, 0.15) is 6.20 Å². The van der Waals surface area contributed by atoms with Crippen molar-refractivity contribution in [2.24, 2.45) is 5.92 Å². The Balaban J connectivity index is 2.80. The molecule has 118 valence electrons. The maximum absolute atomic E-state index is 12.0. The Hall–Kier alpha value is -2.33. The summed E-state index contributed by atoms with van der Waals surface area (Å²) in [7, 11) is 0. The van der Waals surface area contributed by atoms with Gasteiger partial charge >= 0.3 is 23.7 Å². The third-order valence-corrected chi connectivity index (χ3v) is 2.41. The van der Waals surface area contributed by atoms with Gasteiger partial charge < -0.3 is 9.84 Å². The summed E-state index contributed by atoms with van der Waals surface area (Å²) in [6.07, 6.45) is -4.81. The van der Waals surface area contributed by atoms with Gasteiger partial charge in [0.15, 0.2) is 0 Å². The van der Waals surface area contributed by atoms with Crippen LogP contribution < -0.4 is 4.74 Å². The summed E-state index contributed by atoms with van der Waals surface area (Å²) in [6.45, 7) is 0.384. The fourth-order valence-electron chi connectivity index (χ4n) is 1.34. The molecular formula is C10H12F3N3O5. The van der Waals surface area contributed by atoms with Gasteiger partial charge in [-0.05, 0) is 0 Å². The maximum atomic E-state index is 12.0. The van der Waals surface area contributed by atoms with E-state index >= 15 is 0 Å². The van der Waals surface area contributed by atoms with Crippen LogP contribution >= 0.6 is 0 Å². The summed E-state index contributed by atoms with van der Waals surface area (Å²) in [6, 6.07) is 0. The average molecular weight is 311 g/mol. The molecule has 1 N–H and O–H groups in total. The van der Waals surface area contributed by atoms with Crippen molar-refractivity contribution in [3.63, 3.8) is 0 Å². The fourth-order valence-corrected chi connectivity index (χ4v) is 1.34. The highest BCUT2D eigenvalue weighted by Crippen LogP contribution is 2.26. The van der Waals surface area contributed by atoms with E-state index in [0.29, 0.717) is 0 Å². The molecule has 21 heavy (non-hydrogen) atoms. The van der Waals surface area contributed by atoms with Gasteiger partial charge in [-0.2, -0.15) is 13.2 Å². The second-order valence-corrected chi connectivity index (χ2v) is 4.25. The van der Waals surface area contributed by atoms with Crippen LogP contribution in [0.4, 0.5) is 18.9 Å². The number of carbonyl (C=O) groups is 1. The van der Waals surface area contributed by atoms with Crippen LogP contribution in [0.2, 0.25) is 0 Å². The number of alkyl halides is 3. The Morgan fingerprint density at radius 2 is 2.24 bits per heavy atom. The lowest BCUT2D eigenvalue weighted by Crippen LogP contribution is -2.17. The van der Waals surface area contributed by atoms with Crippen LogP contribution in [0.5, 0.6) is 5.88 Å². The summed E-state index contributed by atoms with van der Waals surface area (Å²) >= 11 is 0. The Labute approximate surface area is 116 Å². The third-order valence-electron chi connectivity index (χ3n) is 2.41. The SMILES string of the molecule is C[C@@H](Cn1cc([N+](=O)[O-])c(OCCC(F)(F)F)n1)C(=O)O. The number of carboxylic acid groups (broad SMARTS) is 1. The first kappa shape index (κ1) is 16.7. The number of nitrogens with zero attached hydrogens (tertiary/aromatic N) is 3. The second kappa shape index (κ2) is 6.41. The number of hydrogen-bond donors (Lipinski definition) is 1. The molecule has 1 atom stereocenters. The molecule has 8 nitrogen and oxygen atoms in total. The van der Waals surface area contributed by atoms with E-state index in [9.17, 15) is 28.1 Å². The van der Waals surface area contributed by atoms with Gasteiger partial charge in [0, 0.05) is 0 Å². The monoisotopic (exact) mass is 311 g/mol. The lowest BCUT2D eigenvalue weighted by Gasteiger charge is -2.06. The van der Waals surface area contributed by atoms with Gasteiger partial charge in [0.2, 0.25) is 0 Å². The summed E-state index contributed by atoms with van der Waals surface area (Å²) < 4.78 is 41.6. The molecule has 0 unspecified atom stereocenters. The van der Waals surface area contributed by atoms with Crippen LogP contribution in [-0.4, -0.2) is 38.6 Å². The minimum Gasteiger partial charge on any atom is -0.481 e. The highest BCUT2D eigenvalue weighted by atomic mass is 19.4. The van der Waals surface area contributed by atoms with Crippen molar-refractivity contribution in [2.75, 3.05) is 6.61 Å². The molecule has 0 fully saturated rings. The first-order valence-electron chi connectivity index (χ1n) is 5.74. The first-order valence-corrected chi connectivity index (χ1v) is 5.74. The van der Waals surface area contributed by atoms with Gasteiger partial charge in [0.25, 0.3) is 0 Å². The molecule has 1 aromatic rings. The summed E-state index contributed by atoms with van der Waals surface area (Å²) in [5, 5.41) is 23.1. The number of ether oxygens (including phenoxy) is 1. The molecule has 1 rings (SSSR count). The number of aromatic nitrogens is 2. The zero-order valence-corrected chi connectivity index (χ0v) is 10.8. The zero-order chi connectivity index (χ0) is 16.2. The molecule has 0 bridgehead atoms. The topological polar surface area (TPSA) is 107 Å². The lowest BCUT2D eigenvalue weighted by molar-refractivity contribution is -0.386. The normalized spacial score (nSPS) is 13.0. The Morgan fingerprint density at radius 1 is 1.62 bits per heavy atom. The minimum absolute atomic E-state index is 0.168. The van der Waals surface area contributed by atoms with E-state index in [1.165, 1.54) is 6.92 Å². The Morgan fingerprint density at radius 3 is 2.71 bits per heavy atom. The van der Waals surface area contributed by atoms with Crippen molar-refractivity contribution in [2.45, 2.75) is 26.1 Å². The van der Waals surface area contributed by atoms with Crippen LogP contribution in [0.1, 0.15) is 13.3 Å². The molecule has 0 radical (unpaired) electrons. The van der Waals surface area contributed by atoms with E-state index in [4.69, 9.17) is 5.11 Å². The molecule has 1 aromatic heterocycles. The van der Waals surface area contributed by atoms with E-state index in [-0.39, 0.29) is 6.54 Å². The third kappa shape index (κ3) is 5.28. The number of hydrogen-bond acceptors (Lipinski definition) is 5. The quantitative estimate of drug-likeness (QED) is 0.608. The van der Waals surface area contributed by atoms with Crippen LogP contribution in [0.15, 0.2) is 6.20 Å². The van der Waals surface area contributed by atoms with Gasteiger partial charge in [-0.25, -0.2) is 0 Å². The fraction of sp³-hybridized carbons (Fsp3) is 0.600. The molecule has 11 heteroatoms. The Bertz CT molecular complexity index is 528. The first-order chi connectivity index (χ1) is 9.60. The van der Waals surface area contributed by atoms with Crippen molar-refractivity contribution in [3.8, 4) is 5.88 Å². The molecular weight excluding hydrogens is 299 g/mol. The molecule has 0 aliphatic rings. The largest absolute Gasteiger partial charge is 0.481 e. The summed E-state index contributed by atoms with van der Waals surface area (Å²) in [4.78, 5) is 20.6. The lowest BCUT2D eigenvalue weighted by atomic mass is 10.2. The van der Waals surface area contributed by atoms with Crippen LogP contribution in [-0.2, 0) is 11.3 Å². The Kier molecular flexibility index (Phi) is 5.11. The van der Waals surface area contributed by atoms with Crippen LogP contribution in [0, 0.1) is 16.0 Å². The molecule has 0 aliphatic heterocycles.